The number of nitrogens with zero attached hydrogens (tertiary/aromatic N) is 2. The van der Waals surface area contributed by atoms with Gasteiger partial charge in [-0.15, -0.1) is 0 Å². The van der Waals surface area contributed by atoms with Crippen LogP contribution in [0, 0.1) is 0 Å². The SMILES string of the molecule is COC(=O)c1ccccc1NC(=O)Nc1ccc2c(c1)Cc1c-2[nH]c(=O)c2nccn12. The highest BCUT2D eigenvalue weighted by Gasteiger charge is 2.24. The molecule has 0 saturated carbocycles. The van der Waals surface area contributed by atoms with Crippen molar-refractivity contribution in [1.29, 1.82) is 0 Å². The number of esters is 1. The number of aromatic nitrogens is 3. The van der Waals surface area contributed by atoms with E-state index in [1.165, 1.54) is 7.11 Å². The zero-order valence-electron chi connectivity index (χ0n) is 16.4. The van der Waals surface area contributed by atoms with Gasteiger partial charge in [-0.3, -0.25) is 9.20 Å². The van der Waals surface area contributed by atoms with E-state index in [9.17, 15) is 14.4 Å². The molecule has 9 nitrogen and oxygen atoms in total. The maximum Gasteiger partial charge on any atom is 0.339 e. The monoisotopic (exact) mass is 415 g/mol. The molecule has 0 atom stereocenters. The fraction of sp³-hybridized carbons (Fsp3) is 0.0909. The van der Waals surface area contributed by atoms with Crippen LogP contribution in [0.25, 0.3) is 16.9 Å². The molecule has 4 aromatic rings. The van der Waals surface area contributed by atoms with Gasteiger partial charge in [-0.25, -0.2) is 14.6 Å². The van der Waals surface area contributed by atoms with Crippen molar-refractivity contribution in [2.75, 3.05) is 17.7 Å². The molecule has 1 aliphatic carbocycles. The molecule has 0 unspecified atom stereocenters. The van der Waals surface area contributed by atoms with E-state index in [4.69, 9.17) is 4.74 Å². The molecule has 2 aromatic heterocycles. The molecule has 2 heterocycles. The maximum absolute atomic E-state index is 12.5. The normalized spacial score (nSPS) is 11.6. The Hall–Kier alpha value is -4.40. The third-order valence-electron chi connectivity index (χ3n) is 5.23. The number of carbonyl (C=O) groups excluding carboxylic acids is 2. The summed E-state index contributed by atoms with van der Waals surface area (Å²) in [6.07, 6.45) is 3.95. The van der Waals surface area contributed by atoms with E-state index < -0.39 is 12.0 Å². The van der Waals surface area contributed by atoms with Crippen LogP contribution in [-0.4, -0.2) is 33.5 Å². The molecule has 2 aromatic carbocycles. The van der Waals surface area contributed by atoms with Gasteiger partial charge in [0.25, 0.3) is 5.56 Å². The summed E-state index contributed by atoms with van der Waals surface area (Å²) in [5.41, 5.74) is 4.88. The third kappa shape index (κ3) is 3.12. The van der Waals surface area contributed by atoms with E-state index in [-0.39, 0.29) is 11.1 Å². The second kappa shape index (κ2) is 7.13. The van der Waals surface area contributed by atoms with Crippen molar-refractivity contribution in [2.24, 2.45) is 0 Å². The van der Waals surface area contributed by atoms with Gasteiger partial charge in [0, 0.05) is 30.1 Å². The molecule has 0 saturated heterocycles. The summed E-state index contributed by atoms with van der Waals surface area (Å²) >= 11 is 0. The van der Waals surface area contributed by atoms with Crippen LogP contribution in [-0.2, 0) is 11.2 Å². The number of nitrogens with one attached hydrogen (secondary N) is 3. The molecule has 0 radical (unpaired) electrons. The first-order chi connectivity index (χ1) is 15.0. The Morgan fingerprint density at radius 1 is 1.16 bits per heavy atom. The number of benzene rings is 2. The molecule has 154 valence electrons. The first kappa shape index (κ1) is 18.6. The van der Waals surface area contributed by atoms with Crippen LogP contribution in [0.5, 0.6) is 0 Å². The number of para-hydroxylation sites is 1. The summed E-state index contributed by atoms with van der Waals surface area (Å²) in [4.78, 5) is 43.7. The molecule has 5 rings (SSSR count). The molecular formula is C22H17N5O4. The highest BCUT2D eigenvalue weighted by atomic mass is 16.5. The average molecular weight is 415 g/mol. The van der Waals surface area contributed by atoms with Crippen LogP contribution >= 0.6 is 0 Å². The Balaban J connectivity index is 1.39. The maximum atomic E-state index is 12.5. The van der Waals surface area contributed by atoms with Crippen molar-refractivity contribution < 1.29 is 14.3 Å². The molecule has 0 spiro atoms. The first-order valence-electron chi connectivity index (χ1n) is 9.52. The van der Waals surface area contributed by atoms with E-state index in [2.05, 4.69) is 20.6 Å². The summed E-state index contributed by atoms with van der Waals surface area (Å²) in [6, 6.07) is 11.6. The van der Waals surface area contributed by atoms with Gasteiger partial charge in [0.05, 0.1) is 29.7 Å². The molecule has 9 heteroatoms. The van der Waals surface area contributed by atoms with Gasteiger partial charge >= 0.3 is 12.0 Å². The Labute approximate surface area is 175 Å². The van der Waals surface area contributed by atoms with Gasteiger partial charge in [0.15, 0.2) is 0 Å². The molecule has 31 heavy (non-hydrogen) atoms. The van der Waals surface area contributed by atoms with Gasteiger partial charge in [-0.1, -0.05) is 18.2 Å². The second-order valence-electron chi connectivity index (χ2n) is 7.06. The van der Waals surface area contributed by atoms with Crippen molar-refractivity contribution >= 4 is 29.0 Å². The molecular weight excluding hydrogens is 398 g/mol. The minimum Gasteiger partial charge on any atom is -0.465 e. The minimum atomic E-state index is -0.536. The lowest BCUT2D eigenvalue weighted by Gasteiger charge is -2.11. The number of hydrogen-bond acceptors (Lipinski definition) is 5. The number of urea groups is 1. The van der Waals surface area contributed by atoms with Crippen molar-refractivity contribution in [3.8, 4) is 11.3 Å². The van der Waals surface area contributed by atoms with Crippen LogP contribution < -0.4 is 16.2 Å². The van der Waals surface area contributed by atoms with Crippen molar-refractivity contribution in [3.63, 3.8) is 0 Å². The number of fused-ring (bicyclic) bond motifs is 5. The number of rotatable bonds is 3. The van der Waals surface area contributed by atoms with E-state index in [1.54, 1.807) is 47.1 Å². The summed E-state index contributed by atoms with van der Waals surface area (Å²) < 4.78 is 6.54. The highest BCUT2D eigenvalue weighted by molar-refractivity contribution is 6.05. The smallest absolute Gasteiger partial charge is 0.339 e. The molecule has 3 N–H and O–H groups in total. The van der Waals surface area contributed by atoms with E-state index in [1.807, 2.05) is 12.1 Å². The summed E-state index contributed by atoms with van der Waals surface area (Å²) in [7, 11) is 1.28. The summed E-state index contributed by atoms with van der Waals surface area (Å²) in [5.74, 6) is -0.536. The molecule has 2 amide bonds. The van der Waals surface area contributed by atoms with Gasteiger partial charge in [0.2, 0.25) is 5.65 Å². The van der Waals surface area contributed by atoms with Gasteiger partial charge in [-0.2, -0.15) is 0 Å². The summed E-state index contributed by atoms with van der Waals surface area (Å²) in [6.45, 7) is 0. The van der Waals surface area contributed by atoms with Crippen LogP contribution in [0.1, 0.15) is 21.6 Å². The summed E-state index contributed by atoms with van der Waals surface area (Å²) in [5, 5.41) is 5.46. The van der Waals surface area contributed by atoms with Crippen LogP contribution in [0.3, 0.4) is 0 Å². The number of H-pyrrole nitrogens is 1. The molecule has 0 fully saturated rings. The molecule has 1 aliphatic rings. The Bertz CT molecular complexity index is 1420. The number of ether oxygens (including phenoxy) is 1. The van der Waals surface area contributed by atoms with Crippen molar-refractivity contribution in [2.45, 2.75) is 6.42 Å². The topological polar surface area (TPSA) is 118 Å². The predicted molar refractivity (Wildman–Crippen MR) is 114 cm³/mol. The Kier molecular flexibility index (Phi) is 4.28. The fourth-order valence-electron chi connectivity index (χ4n) is 3.85. The largest absolute Gasteiger partial charge is 0.465 e. The van der Waals surface area contributed by atoms with E-state index >= 15 is 0 Å². The number of imidazole rings is 1. The number of methoxy groups -OCH3 is 1. The van der Waals surface area contributed by atoms with Crippen molar-refractivity contribution in [3.05, 3.63) is 82.0 Å². The second-order valence-corrected chi connectivity index (χ2v) is 7.06. The zero-order chi connectivity index (χ0) is 21.5. The van der Waals surface area contributed by atoms with E-state index in [0.29, 0.717) is 23.4 Å². The molecule has 0 aliphatic heterocycles. The lowest BCUT2D eigenvalue weighted by atomic mass is 10.1. The lowest BCUT2D eigenvalue weighted by Crippen LogP contribution is -2.21. The first-order valence-corrected chi connectivity index (χ1v) is 9.52. The highest BCUT2D eigenvalue weighted by Crippen LogP contribution is 2.36. The van der Waals surface area contributed by atoms with Crippen molar-refractivity contribution in [1.82, 2.24) is 14.4 Å². The lowest BCUT2D eigenvalue weighted by molar-refractivity contribution is 0.0602. The molecule has 0 bridgehead atoms. The number of hydrogen-bond donors (Lipinski definition) is 3. The van der Waals surface area contributed by atoms with Gasteiger partial charge in [0.1, 0.15) is 0 Å². The quantitative estimate of drug-likeness (QED) is 0.392. The fourth-order valence-corrected chi connectivity index (χ4v) is 3.85. The number of carbonyl (C=O) groups is 2. The standard InChI is InChI=1S/C22H17N5O4/c1-31-21(29)15-4-2-3-5-16(15)25-22(30)24-13-6-7-14-12(10-13)11-17-18(14)26-20(28)19-23-8-9-27(17)19/h2-10H,11H2,1H3,(H,26,28)(H2,24,25,30). The number of aromatic amines is 1. The van der Waals surface area contributed by atoms with Crippen LogP contribution in [0.4, 0.5) is 16.2 Å². The van der Waals surface area contributed by atoms with Crippen LogP contribution in [0.15, 0.2) is 59.7 Å². The van der Waals surface area contributed by atoms with Crippen LogP contribution in [0.2, 0.25) is 0 Å². The Morgan fingerprint density at radius 2 is 2.00 bits per heavy atom. The third-order valence-corrected chi connectivity index (χ3v) is 5.23. The number of anilines is 2. The zero-order valence-corrected chi connectivity index (χ0v) is 16.4. The predicted octanol–water partition coefficient (Wildman–Crippen LogP) is 3.02. The average Bonchev–Trinajstić information content (AvgIpc) is 3.39. The Morgan fingerprint density at radius 3 is 2.84 bits per heavy atom. The van der Waals surface area contributed by atoms with Gasteiger partial charge in [-0.05, 0) is 29.8 Å². The van der Waals surface area contributed by atoms with Gasteiger partial charge < -0.3 is 20.4 Å². The minimum absolute atomic E-state index is 0.248. The number of amides is 2. The van der Waals surface area contributed by atoms with E-state index in [0.717, 1.165) is 22.5 Å².